The van der Waals surface area contributed by atoms with Crippen molar-refractivity contribution in [1.29, 1.82) is 0 Å². The van der Waals surface area contributed by atoms with Crippen LogP contribution in [0.2, 0.25) is 0 Å². The molecule has 128 valence electrons. The predicted molar refractivity (Wildman–Crippen MR) is 91.6 cm³/mol. The molecule has 1 aromatic carbocycles. The lowest BCUT2D eigenvalue weighted by atomic mass is 9.83. The van der Waals surface area contributed by atoms with Crippen LogP contribution in [0, 0.1) is 5.92 Å². The van der Waals surface area contributed by atoms with Gasteiger partial charge in [-0.3, -0.25) is 0 Å². The topological polar surface area (TPSA) is 51.2 Å². The van der Waals surface area contributed by atoms with Crippen molar-refractivity contribution in [3.8, 4) is 17.2 Å². The van der Waals surface area contributed by atoms with Crippen LogP contribution in [0.4, 0.5) is 0 Å². The first-order chi connectivity index (χ1) is 10.7. The van der Waals surface area contributed by atoms with E-state index in [4.69, 9.17) is 14.2 Å². The molecule has 3 saturated heterocycles. The zero-order chi connectivity index (χ0) is 15.7. The smallest absolute Gasteiger partial charge is 0.203 e. The van der Waals surface area contributed by atoms with Crippen molar-refractivity contribution in [2.45, 2.75) is 18.9 Å². The fourth-order valence-corrected chi connectivity index (χ4v) is 3.43. The Morgan fingerprint density at radius 2 is 1.61 bits per heavy atom. The second-order valence-electron chi connectivity index (χ2n) is 5.80. The molecule has 3 heterocycles. The van der Waals surface area contributed by atoms with Crippen molar-refractivity contribution in [3.63, 3.8) is 0 Å². The molecule has 2 bridgehead atoms. The zero-order valence-corrected chi connectivity index (χ0v) is 14.6. The lowest BCUT2D eigenvalue weighted by Crippen LogP contribution is -2.48. The number of aliphatic hydroxyl groups excluding tert-OH is 1. The fourth-order valence-electron chi connectivity index (χ4n) is 3.43. The van der Waals surface area contributed by atoms with Crippen molar-refractivity contribution < 1.29 is 19.3 Å². The van der Waals surface area contributed by atoms with Gasteiger partial charge in [-0.15, -0.1) is 12.4 Å². The minimum Gasteiger partial charge on any atom is -0.493 e. The molecule has 0 radical (unpaired) electrons. The third-order valence-electron chi connectivity index (χ3n) is 4.66. The maximum Gasteiger partial charge on any atom is 0.203 e. The van der Waals surface area contributed by atoms with Gasteiger partial charge < -0.3 is 24.2 Å². The summed E-state index contributed by atoms with van der Waals surface area (Å²) in [5.41, 5.74) is 1.94. The van der Waals surface area contributed by atoms with Crippen LogP contribution >= 0.6 is 12.4 Å². The highest BCUT2D eigenvalue weighted by atomic mass is 35.5. The Kier molecular flexibility index (Phi) is 5.65. The molecular weight excluding hydrogens is 318 g/mol. The summed E-state index contributed by atoms with van der Waals surface area (Å²) in [5.74, 6) is 2.22. The highest BCUT2D eigenvalue weighted by Gasteiger charge is 2.36. The molecule has 0 amide bonds. The number of halogens is 1. The van der Waals surface area contributed by atoms with Crippen molar-refractivity contribution in [3.05, 3.63) is 23.4 Å². The zero-order valence-electron chi connectivity index (χ0n) is 13.7. The Labute approximate surface area is 143 Å². The summed E-state index contributed by atoms with van der Waals surface area (Å²) < 4.78 is 16.1. The van der Waals surface area contributed by atoms with Gasteiger partial charge in [0.15, 0.2) is 11.5 Å². The minimum atomic E-state index is -0.374. The Balaban J connectivity index is 0.00000192. The number of piperidine rings is 3. The van der Waals surface area contributed by atoms with Crippen LogP contribution in [0.25, 0.3) is 6.08 Å². The van der Waals surface area contributed by atoms with Crippen LogP contribution in [0.3, 0.4) is 0 Å². The number of ether oxygens (including phenoxy) is 3. The van der Waals surface area contributed by atoms with Gasteiger partial charge in [0.25, 0.3) is 0 Å². The molecule has 23 heavy (non-hydrogen) atoms. The summed E-state index contributed by atoms with van der Waals surface area (Å²) in [7, 11) is 4.80. The third kappa shape index (κ3) is 3.21. The van der Waals surface area contributed by atoms with Crippen molar-refractivity contribution in [1.82, 2.24) is 4.90 Å². The minimum absolute atomic E-state index is 0. The van der Waals surface area contributed by atoms with Crippen LogP contribution in [-0.2, 0) is 0 Å². The number of methoxy groups -OCH3 is 3. The Morgan fingerprint density at radius 1 is 1.04 bits per heavy atom. The number of rotatable bonds is 4. The van der Waals surface area contributed by atoms with Crippen molar-refractivity contribution >= 4 is 18.5 Å². The molecule has 1 N–H and O–H groups in total. The van der Waals surface area contributed by atoms with E-state index in [1.54, 1.807) is 21.3 Å². The maximum atomic E-state index is 10.5. The summed E-state index contributed by atoms with van der Waals surface area (Å²) in [6.45, 7) is 2.05. The molecule has 3 fully saturated rings. The predicted octanol–water partition coefficient (Wildman–Crippen LogP) is 2.56. The van der Waals surface area contributed by atoms with Crippen LogP contribution in [0.1, 0.15) is 18.4 Å². The van der Waals surface area contributed by atoms with E-state index in [0.29, 0.717) is 23.2 Å². The van der Waals surface area contributed by atoms with Gasteiger partial charge >= 0.3 is 0 Å². The van der Waals surface area contributed by atoms with E-state index >= 15 is 0 Å². The van der Waals surface area contributed by atoms with Crippen molar-refractivity contribution in [2.75, 3.05) is 34.4 Å². The average Bonchev–Trinajstić information content (AvgIpc) is 2.57. The lowest BCUT2D eigenvalue weighted by Gasteiger charge is -2.45. The molecule has 6 heteroatoms. The Morgan fingerprint density at radius 3 is 2.04 bits per heavy atom. The summed E-state index contributed by atoms with van der Waals surface area (Å²) in [6, 6.07) is 3.81. The molecule has 3 aliphatic heterocycles. The number of fused-ring (bicyclic) bond motifs is 3. The second-order valence-corrected chi connectivity index (χ2v) is 5.80. The Bertz CT molecular complexity index is 553. The normalized spacial score (nSPS) is 24.3. The highest BCUT2D eigenvalue weighted by Crippen LogP contribution is 2.40. The maximum absolute atomic E-state index is 10.5. The van der Waals surface area contributed by atoms with Gasteiger partial charge in [0.05, 0.1) is 27.4 Å². The summed E-state index contributed by atoms with van der Waals surface area (Å²) >= 11 is 0. The van der Waals surface area contributed by atoms with E-state index in [1.165, 1.54) is 0 Å². The molecule has 0 spiro atoms. The Hall–Kier alpha value is -1.59. The van der Waals surface area contributed by atoms with Crippen LogP contribution < -0.4 is 14.2 Å². The third-order valence-corrected chi connectivity index (χ3v) is 4.66. The van der Waals surface area contributed by atoms with Gasteiger partial charge in [0.2, 0.25) is 5.75 Å². The fraction of sp³-hybridized carbons (Fsp3) is 0.529. The molecule has 0 aliphatic carbocycles. The van der Waals surface area contributed by atoms with E-state index < -0.39 is 0 Å². The summed E-state index contributed by atoms with van der Waals surface area (Å²) in [5, 5.41) is 10.5. The van der Waals surface area contributed by atoms with Crippen LogP contribution in [0.15, 0.2) is 17.8 Å². The molecule has 4 rings (SSSR count). The van der Waals surface area contributed by atoms with Gasteiger partial charge in [-0.2, -0.15) is 0 Å². The quantitative estimate of drug-likeness (QED) is 0.912. The summed E-state index contributed by atoms with van der Waals surface area (Å²) in [4.78, 5) is 2.27. The van der Waals surface area contributed by atoms with Gasteiger partial charge in [-0.05, 0) is 42.5 Å². The average molecular weight is 342 g/mol. The molecule has 0 saturated carbocycles. The first-order valence-corrected chi connectivity index (χ1v) is 7.62. The number of benzene rings is 1. The molecular formula is C17H24ClNO4. The first-order valence-electron chi connectivity index (χ1n) is 7.62. The largest absolute Gasteiger partial charge is 0.493 e. The molecule has 1 unspecified atom stereocenters. The van der Waals surface area contributed by atoms with Gasteiger partial charge in [-0.25, -0.2) is 0 Å². The highest BCUT2D eigenvalue weighted by molar-refractivity contribution is 5.85. The molecule has 3 aliphatic rings. The first kappa shape index (κ1) is 17.8. The van der Waals surface area contributed by atoms with E-state index in [9.17, 15) is 5.11 Å². The lowest BCUT2D eigenvalue weighted by molar-refractivity contribution is 0.0215. The van der Waals surface area contributed by atoms with Crippen molar-refractivity contribution in [2.24, 2.45) is 5.92 Å². The van der Waals surface area contributed by atoms with Gasteiger partial charge in [0.1, 0.15) is 0 Å². The van der Waals surface area contributed by atoms with Gasteiger partial charge in [0, 0.05) is 18.8 Å². The van der Waals surface area contributed by atoms with Gasteiger partial charge in [-0.1, -0.05) is 0 Å². The monoisotopic (exact) mass is 341 g/mol. The number of hydrogen-bond acceptors (Lipinski definition) is 5. The molecule has 1 aromatic rings. The number of hydrogen-bond donors (Lipinski definition) is 1. The molecule has 0 aromatic heterocycles. The van der Waals surface area contributed by atoms with E-state index in [1.807, 2.05) is 18.2 Å². The number of nitrogens with zero attached hydrogens (tertiary/aromatic N) is 1. The summed E-state index contributed by atoms with van der Waals surface area (Å²) in [6.07, 6.45) is 3.81. The standard InChI is InChI=1S/C17H23NO4.ClH/c1-20-14-9-11(10-15(21-2)17(14)22-3)8-13-16(19)12-4-6-18(13)7-5-12;/h8-10,12,16,19H,4-7H2,1-3H3;1H/b13-8+;. The van der Waals surface area contributed by atoms with Crippen LogP contribution in [-0.4, -0.2) is 50.5 Å². The van der Waals surface area contributed by atoms with E-state index in [-0.39, 0.29) is 18.5 Å². The number of aliphatic hydroxyl groups is 1. The molecule has 1 atom stereocenters. The van der Waals surface area contributed by atoms with E-state index in [0.717, 1.165) is 37.2 Å². The molecule has 5 nitrogen and oxygen atoms in total. The van der Waals surface area contributed by atoms with Crippen LogP contribution in [0.5, 0.6) is 17.2 Å². The van der Waals surface area contributed by atoms with E-state index in [2.05, 4.69) is 4.90 Å². The second kappa shape index (κ2) is 7.32. The SMILES string of the molecule is COc1cc(/C=C2\C(O)C3CCN2CC3)cc(OC)c1OC.Cl.